The van der Waals surface area contributed by atoms with Gasteiger partial charge >= 0.3 is 0 Å². The Morgan fingerprint density at radius 3 is 2.67 bits per heavy atom. The zero-order chi connectivity index (χ0) is 11.3. The van der Waals surface area contributed by atoms with Crippen LogP contribution in [0.2, 0.25) is 0 Å². The lowest BCUT2D eigenvalue weighted by Gasteiger charge is -2.11. The molecule has 0 atom stereocenters. The summed E-state index contributed by atoms with van der Waals surface area (Å²) in [6, 6.07) is 0. The standard InChI is InChI=1S/C11H18N2O2/c1-4-9(5-2)11(14)13-7-10-12-6-8(3)15-10/h6,9H,4-5,7H2,1-3H3,(H,13,14). The number of hydrogen-bond donors (Lipinski definition) is 1. The number of carbonyl (C=O) groups is 1. The average Bonchev–Trinajstić information content (AvgIpc) is 2.63. The Morgan fingerprint density at radius 1 is 1.53 bits per heavy atom. The van der Waals surface area contributed by atoms with Crippen LogP contribution >= 0.6 is 0 Å². The fourth-order valence-corrected chi connectivity index (χ4v) is 1.45. The zero-order valence-corrected chi connectivity index (χ0v) is 9.54. The van der Waals surface area contributed by atoms with Crippen molar-refractivity contribution in [3.8, 4) is 0 Å². The minimum Gasteiger partial charge on any atom is -0.444 e. The summed E-state index contributed by atoms with van der Waals surface area (Å²) in [6.45, 7) is 6.24. The van der Waals surface area contributed by atoms with Crippen LogP contribution in [0.3, 0.4) is 0 Å². The van der Waals surface area contributed by atoms with Gasteiger partial charge in [0.15, 0.2) is 0 Å². The Labute approximate surface area is 90.1 Å². The van der Waals surface area contributed by atoms with Crippen molar-refractivity contribution in [1.29, 1.82) is 0 Å². The van der Waals surface area contributed by atoms with E-state index < -0.39 is 0 Å². The third kappa shape index (κ3) is 3.38. The fourth-order valence-electron chi connectivity index (χ4n) is 1.45. The Morgan fingerprint density at radius 2 is 2.20 bits per heavy atom. The van der Waals surface area contributed by atoms with Gasteiger partial charge in [0.2, 0.25) is 11.8 Å². The van der Waals surface area contributed by atoms with Gasteiger partial charge in [-0.15, -0.1) is 0 Å². The van der Waals surface area contributed by atoms with Gasteiger partial charge in [-0.05, 0) is 19.8 Å². The first-order chi connectivity index (χ1) is 7.17. The van der Waals surface area contributed by atoms with Crippen LogP contribution in [-0.2, 0) is 11.3 Å². The molecule has 1 heterocycles. The first-order valence-electron chi connectivity index (χ1n) is 5.36. The summed E-state index contributed by atoms with van der Waals surface area (Å²) in [7, 11) is 0. The van der Waals surface area contributed by atoms with E-state index in [0.717, 1.165) is 18.6 Å². The highest BCUT2D eigenvalue weighted by Gasteiger charge is 2.14. The molecule has 1 N–H and O–H groups in total. The first kappa shape index (κ1) is 11.8. The van der Waals surface area contributed by atoms with E-state index >= 15 is 0 Å². The molecule has 0 aliphatic carbocycles. The third-order valence-corrected chi connectivity index (χ3v) is 2.44. The van der Waals surface area contributed by atoms with E-state index in [-0.39, 0.29) is 11.8 Å². The molecule has 15 heavy (non-hydrogen) atoms. The summed E-state index contributed by atoms with van der Waals surface area (Å²) >= 11 is 0. The molecule has 0 saturated heterocycles. The van der Waals surface area contributed by atoms with Gasteiger partial charge in [-0.3, -0.25) is 4.79 Å². The lowest BCUT2D eigenvalue weighted by molar-refractivity contribution is -0.125. The lowest BCUT2D eigenvalue weighted by Crippen LogP contribution is -2.29. The first-order valence-corrected chi connectivity index (χ1v) is 5.36. The van der Waals surface area contributed by atoms with Crippen molar-refractivity contribution in [2.24, 2.45) is 5.92 Å². The number of aromatic nitrogens is 1. The number of aryl methyl sites for hydroxylation is 1. The Kier molecular flexibility index (Phi) is 4.34. The maximum absolute atomic E-state index is 11.6. The quantitative estimate of drug-likeness (QED) is 0.809. The predicted molar refractivity (Wildman–Crippen MR) is 57.2 cm³/mol. The van der Waals surface area contributed by atoms with Crippen molar-refractivity contribution in [2.45, 2.75) is 40.2 Å². The number of nitrogens with one attached hydrogen (secondary N) is 1. The van der Waals surface area contributed by atoms with Gasteiger partial charge in [0.05, 0.1) is 12.7 Å². The van der Waals surface area contributed by atoms with Crippen LogP contribution in [0, 0.1) is 12.8 Å². The van der Waals surface area contributed by atoms with Gasteiger partial charge in [0.1, 0.15) is 5.76 Å². The highest BCUT2D eigenvalue weighted by molar-refractivity contribution is 5.78. The molecule has 1 aromatic rings. The van der Waals surface area contributed by atoms with Crippen LogP contribution in [0.5, 0.6) is 0 Å². The molecule has 0 saturated carbocycles. The van der Waals surface area contributed by atoms with E-state index in [4.69, 9.17) is 4.42 Å². The fraction of sp³-hybridized carbons (Fsp3) is 0.636. The summed E-state index contributed by atoms with van der Waals surface area (Å²) in [4.78, 5) is 15.6. The van der Waals surface area contributed by atoms with E-state index in [1.807, 2.05) is 20.8 Å². The second-order valence-electron chi connectivity index (χ2n) is 3.60. The van der Waals surface area contributed by atoms with Crippen LogP contribution in [-0.4, -0.2) is 10.9 Å². The van der Waals surface area contributed by atoms with Gasteiger partial charge in [-0.2, -0.15) is 0 Å². The van der Waals surface area contributed by atoms with Crippen molar-refractivity contribution in [1.82, 2.24) is 10.3 Å². The minimum absolute atomic E-state index is 0.0795. The smallest absolute Gasteiger partial charge is 0.223 e. The van der Waals surface area contributed by atoms with Gasteiger partial charge in [0, 0.05) is 5.92 Å². The molecule has 0 aliphatic heterocycles. The summed E-state index contributed by atoms with van der Waals surface area (Å²) < 4.78 is 5.26. The second kappa shape index (κ2) is 5.53. The van der Waals surface area contributed by atoms with Crippen LogP contribution in [0.4, 0.5) is 0 Å². The van der Waals surface area contributed by atoms with E-state index in [2.05, 4.69) is 10.3 Å². The molecule has 0 bridgehead atoms. The third-order valence-electron chi connectivity index (χ3n) is 2.44. The Bertz CT molecular complexity index is 316. The van der Waals surface area contributed by atoms with Crippen molar-refractivity contribution in [3.05, 3.63) is 17.8 Å². The molecule has 0 unspecified atom stereocenters. The molecular weight excluding hydrogens is 192 g/mol. The summed E-state index contributed by atoms with van der Waals surface area (Å²) in [5, 5.41) is 2.82. The number of hydrogen-bond acceptors (Lipinski definition) is 3. The maximum atomic E-state index is 11.6. The van der Waals surface area contributed by atoms with E-state index in [1.165, 1.54) is 0 Å². The zero-order valence-electron chi connectivity index (χ0n) is 9.54. The van der Waals surface area contributed by atoms with E-state index in [1.54, 1.807) is 6.20 Å². The molecule has 1 amide bonds. The Balaban J connectivity index is 2.40. The normalized spacial score (nSPS) is 10.7. The molecule has 1 rings (SSSR count). The number of oxazole rings is 1. The van der Waals surface area contributed by atoms with Gasteiger partial charge in [-0.1, -0.05) is 13.8 Å². The predicted octanol–water partition coefficient (Wildman–Crippen LogP) is 2.04. The van der Waals surface area contributed by atoms with E-state index in [9.17, 15) is 4.79 Å². The number of nitrogens with zero attached hydrogens (tertiary/aromatic N) is 1. The van der Waals surface area contributed by atoms with Crippen molar-refractivity contribution < 1.29 is 9.21 Å². The molecule has 84 valence electrons. The van der Waals surface area contributed by atoms with Crippen molar-refractivity contribution >= 4 is 5.91 Å². The van der Waals surface area contributed by atoms with Crippen molar-refractivity contribution in [2.75, 3.05) is 0 Å². The van der Waals surface area contributed by atoms with Crippen molar-refractivity contribution in [3.63, 3.8) is 0 Å². The topological polar surface area (TPSA) is 55.1 Å². The highest BCUT2D eigenvalue weighted by Crippen LogP contribution is 2.08. The van der Waals surface area contributed by atoms with Gasteiger partial charge in [-0.25, -0.2) is 4.98 Å². The van der Waals surface area contributed by atoms with E-state index in [0.29, 0.717) is 12.4 Å². The molecule has 0 radical (unpaired) electrons. The molecule has 1 aromatic heterocycles. The van der Waals surface area contributed by atoms with Crippen LogP contribution in [0.25, 0.3) is 0 Å². The molecule has 4 heteroatoms. The maximum Gasteiger partial charge on any atom is 0.223 e. The van der Waals surface area contributed by atoms with Crippen LogP contribution in [0.15, 0.2) is 10.6 Å². The highest BCUT2D eigenvalue weighted by atomic mass is 16.4. The average molecular weight is 210 g/mol. The monoisotopic (exact) mass is 210 g/mol. The lowest BCUT2D eigenvalue weighted by atomic mass is 10.0. The Hall–Kier alpha value is -1.32. The summed E-state index contributed by atoms with van der Waals surface area (Å²) in [5.74, 6) is 1.51. The van der Waals surface area contributed by atoms with Gasteiger partial charge in [0.25, 0.3) is 0 Å². The second-order valence-corrected chi connectivity index (χ2v) is 3.60. The number of amides is 1. The van der Waals surface area contributed by atoms with Crippen LogP contribution in [0.1, 0.15) is 38.3 Å². The molecule has 0 aromatic carbocycles. The summed E-state index contributed by atoms with van der Waals surface area (Å²) in [6.07, 6.45) is 3.39. The van der Waals surface area contributed by atoms with Crippen LogP contribution < -0.4 is 5.32 Å². The van der Waals surface area contributed by atoms with Gasteiger partial charge < -0.3 is 9.73 Å². The number of rotatable bonds is 5. The minimum atomic E-state index is 0.0795. The molecule has 0 aliphatic rings. The number of carbonyl (C=O) groups excluding carboxylic acids is 1. The summed E-state index contributed by atoms with van der Waals surface area (Å²) in [5.41, 5.74) is 0. The molecule has 0 spiro atoms. The largest absolute Gasteiger partial charge is 0.444 e. The SMILES string of the molecule is CCC(CC)C(=O)NCc1ncc(C)o1. The molecular formula is C11H18N2O2. The molecule has 0 fully saturated rings. The molecule has 4 nitrogen and oxygen atoms in total.